The molecule has 0 bridgehead atoms. The van der Waals surface area contributed by atoms with E-state index in [0.29, 0.717) is 0 Å². The maximum Gasteiger partial charge on any atom is 0.160 e. The van der Waals surface area contributed by atoms with Gasteiger partial charge in [0.25, 0.3) is 0 Å². The summed E-state index contributed by atoms with van der Waals surface area (Å²) in [4.78, 5) is 11.8. The quantitative estimate of drug-likeness (QED) is 0.190. The summed E-state index contributed by atoms with van der Waals surface area (Å²) < 4.78 is 1.33. The minimum Gasteiger partial charge on any atom is -0.228 e. The van der Waals surface area contributed by atoms with Gasteiger partial charge in [0.15, 0.2) is 5.82 Å². The highest BCUT2D eigenvalue weighted by atomic mass is 32.1. The number of rotatable bonds is 3. The third-order valence-corrected chi connectivity index (χ3v) is 11.9. The van der Waals surface area contributed by atoms with Crippen LogP contribution < -0.4 is 0 Å². The van der Waals surface area contributed by atoms with Crippen LogP contribution >= 0.6 is 11.3 Å². The summed E-state index contributed by atoms with van der Waals surface area (Å²) in [5.74, 6) is 0.725. The smallest absolute Gasteiger partial charge is 0.160 e. The molecule has 11 rings (SSSR count). The molecule has 232 valence electrons. The second-order valence-electron chi connectivity index (χ2n) is 13.3. The molecule has 50 heavy (non-hydrogen) atoms. The Morgan fingerprint density at radius 3 is 1.82 bits per heavy atom. The largest absolute Gasteiger partial charge is 0.228 e. The molecule has 3 heteroatoms. The van der Waals surface area contributed by atoms with Crippen LogP contribution in [0.15, 0.2) is 170 Å². The van der Waals surface area contributed by atoms with E-state index in [1.165, 1.54) is 64.7 Å². The summed E-state index contributed by atoms with van der Waals surface area (Å²) >= 11 is 1.92. The summed E-state index contributed by atoms with van der Waals surface area (Å²) in [6, 6.07) is 61.6. The highest BCUT2D eigenvalue weighted by Gasteiger charge is 2.53. The van der Waals surface area contributed by atoms with Crippen molar-refractivity contribution >= 4 is 32.2 Å². The molecule has 0 amide bonds. The summed E-state index contributed by atoms with van der Waals surface area (Å²) in [5.41, 5.74) is 14.0. The molecule has 7 aromatic carbocycles. The van der Waals surface area contributed by atoms with Crippen molar-refractivity contribution < 1.29 is 0 Å². The number of hydrogen-bond donors (Lipinski definition) is 0. The topological polar surface area (TPSA) is 25.8 Å². The van der Waals surface area contributed by atoms with Crippen LogP contribution in [0.4, 0.5) is 0 Å². The van der Waals surface area contributed by atoms with Crippen molar-refractivity contribution in [2.45, 2.75) is 5.41 Å². The van der Waals surface area contributed by atoms with Gasteiger partial charge in [-0.3, -0.25) is 0 Å². The van der Waals surface area contributed by atoms with Gasteiger partial charge >= 0.3 is 0 Å². The lowest BCUT2D eigenvalue weighted by molar-refractivity contribution is 0.803. The Hall–Kier alpha value is -6.16. The van der Waals surface area contributed by atoms with Crippen LogP contribution in [0.2, 0.25) is 0 Å². The molecule has 2 nitrogen and oxygen atoms in total. The van der Waals surface area contributed by atoms with Crippen molar-refractivity contribution in [1.82, 2.24) is 9.97 Å². The van der Waals surface area contributed by atoms with Gasteiger partial charge in [0.1, 0.15) is 0 Å². The number of thiophene rings is 1. The first-order chi connectivity index (χ1) is 24.8. The Bertz CT molecular complexity index is 2780. The zero-order chi connectivity index (χ0) is 32.8. The molecular weight excluding hydrogens is 625 g/mol. The van der Waals surface area contributed by atoms with E-state index < -0.39 is 5.41 Å². The van der Waals surface area contributed by atoms with E-state index >= 15 is 0 Å². The maximum absolute atomic E-state index is 5.27. The molecule has 9 aromatic rings. The molecule has 0 unspecified atom stereocenters. The fraction of sp³-hybridized carbons (Fsp3) is 0.0213. The Labute approximate surface area is 294 Å². The van der Waals surface area contributed by atoms with Crippen LogP contribution in [0.1, 0.15) is 22.3 Å². The van der Waals surface area contributed by atoms with Gasteiger partial charge < -0.3 is 0 Å². The average Bonchev–Trinajstić information content (AvgIpc) is 3.81. The molecule has 0 saturated carbocycles. The van der Waals surface area contributed by atoms with E-state index in [4.69, 9.17) is 9.97 Å². The van der Waals surface area contributed by atoms with Crippen molar-refractivity contribution in [2.24, 2.45) is 0 Å². The van der Waals surface area contributed by atoms with Crippen molar-refractivity contribution in [2.75, 3.05) is 0 Å². The number of fused-ring (bicyclic) bond motifs is 13. The van der Waals surface area contributed by atoms with E-state index in [-0.39, 0.29) is 0 Å². The average molecular weight is 653 g/mol. The molecule has 2 heterocycles. The fourth-order valence-electron chi connectivity index (χ4n) is 8.56. The monoisotopic (exact) mass is 652 g/mol. The molecule has 0 saturated heterocycles. The van der Waals surface area contributed by atoms with Gasteiger partial charge in [0.05, 0.1) is 16.8 Å². The Morgan fingerprint density at radius 2 is 1.04 bits per heavy atom. The minimum atomic E-state index is -0.427. The van der Waals surface area contributed by atoms with E-state index in [1.54, 1.807) is 0 Å². The first-order valence-electron chi connectivity index (χ1n) is 17.1. The van der Waals surface area contributed by atoms with Gasteiger partial charge in [0, 0.05) is 26.3 Å². The van der Waals surface area contributed by atoms with Crippen LogP contribution in [-0.2, 0) is 5.41 Å². The molecule has 2 aliphatic rings. The molecule has 0 radical (unpaired) electrons. The first kappa shape index (κ1) is 27.8. The maximum atomic E-state index is 5.27. The molecule has 2 aliphatic carbocycles. The normalized spacial score (nSPS) is 13.4. The molecule has 0 aliphatic heterocycles. The van der Waals surface area contributed by atoms with Gasteiger partial charge in [-0.25, -0.2) is 9.97 Å². The Kier molecular flexibility index (Phi) is 5.78. The molecule has 0 fully saturated rings. The second kappa shape index (κ2) is 10.4. The van der Waals surface area contributed by atoms with Gasteiger partial charge in [-0.1, -0.05) is 146 Å². The molecule has 0 atom stereocenters. The van der Waals surface area contributed by atoms with E-state index in [9.17, 15) is 0 Å². The van der Waals surface area contributed by atoms with Gasteiger partial charge in [0.2, 0.25) is 0 Å². The van der Waals surface area contributed by atoms with Crippen molar-refractivity contribution in [3.05, 3.63) is 192 Å². The molecular formula is C47H28N2S. The van der Waals surface area contributed by atoms with Gasteiger partial charge in [-0.05, 0) is 79.4 Å². The highest BCUT2D eigenvalue weighted by Crippen LogP contribution is 2.66. The van der Waals surface area contributed by atoms with E-state index in [1.807, 2.05) is 17.4 Å². The minimum absolute atomic E-state index is 0.427. The number of benzene rings is 7. The second-order valence-corrected chi connectivity index (χ2v) is 14.3. The zero-order valence-electron chi connectivity index (χ0n) is 27.0. The van der Waals surface area contributed by atoms with Crippen LogP contribution in [-0.4, -0.2) is 9.97 Å². The number of nitrogens with zero attached hydrogens (tertiary/aromatic N) is 2. The van der Waals surface area contributed by atoms with Crippen LogP contribution in [0.3, 0.4) is 0 Å². The van der Waals surface area contributed by atoms with Crippen LogP contribution in [0.5, 0.6) is 0 Å². The summed E-state index contributed by atoms with van der Waals surface area (Å²) in [6.45, 7) is 0. The molecule has 1 spiro atoms. The van der Waals surface area contributed by atoms with Crippen molar-refractivity contribution in [3.8, 4) is 55.5 Å². The summed E-state index contributed by atoms with van der Waals surface area (Å²) in [7, 11) is 0. The lowest BCUT2D eigenvalue weighted by Gasteiger charge is -2.30. The summed E-state index contributed by atoms with van der Waals surface area (Å²) in [6.07, 6.45) is 0. The predicted octanol–water partition coefficient (Wildman–Crippen LogP) is 12.2. The highest BCUT2D eigenvalue weighted by molar-refractivity contribution is 7.22. The Morgan fingerprint density at radius 1 is 0.420 bits per heavy atom. The third-order valence-electron chi connectivity index (χ3n) is 10.7. The van der Waals surface area contributed by atoms with E-state index in [2.05, 4.69) is 164 Å². The zero-order valence-corrected chi connectivity index (χ0v) is 27.8. The predicted molar refractivity (Wildman–Crippen MR) is 208 cm³/mol. The van der Waals surface area contributed by atoms with Crippen molar-refractivity contribution in [1.29, 1.82) is 0 Å². The van der Waals surface area contributed by atoms with Crippen LogP contribution in [0, 0.1) is 0 Å². The first-order valence-corrected chi connectivity index (χ1v) is 17.9. The number of aromatic nitrogens is 2. The molecule has 0 N–H and O–H groups in total. The number of hydrogen-bond acceptors (Lipinski definition) is 3. The van der Waals surface area contributed by atoms with Crippen molar-refractivity contribution in [3.63, 3.8) is 0 Å². The standard InChI is InChI=1S/C47H28N2S/c1-2-13-30(14-3-1)46-48-41(32-23-22-29-12-4-5-15-31(29)26-32)28-42(49-46)33-24-25-36-40(27-33)47(44-37-18-8-11-21-43(37)50-45(36)44)38-19-9-6-16-34(38)35-17-7-10-20-39(35)47/h1-28H. The lowest BCUT2D eigenvalue weighted by Crippen LogP contribution is -2.25. The molecule has 2 aromatic heterocycles. The summed E-state index contributed by atoms with van der Waals surface area (Å²) in [5, 5.41) is 3.75. The van der Waals surface area contributed by atoms with Gasteiger partial charge in [-0.2, -0.15) is 0 Å². The third kappa shape index (κ3) is 3.78. The Balaban J connectivity index is 1.19. The SMILES string of the molecule is c1ccc(-c2nc(-c3ccc4c(c3)C3(c5ccccc5-c5ccccc53)c3c-4sc4ccccc34)cc(-c3ccc4ccccc4c3)n2)cc1. The lowest BCUT2D eigenvalue weighted by atomic mass is 9.70. The van der Waals surface area contributed by atoms with Gasteiger partial charge in [-0.15, -0.1) is 11.3 Å². The van der Waals surface area contributed by atoms with Crippen LogP contribution in [0.25, 0.3) is 76.3 Å². The fourth-order valence-corrected chi connectivity index (χ4v) is 9.86. The van der Waals surface area contributed by atoms with E-state index in [0.717, 1.165) is 33.9 Å².